The van der Waals surface area contributed by atoms with Gasteiger partial charge in [-0.2, -0.15) is 4.39 Å². The number of nitrogens with zero attached hydrogens (tertiary/aromatic N) is 1. The Hall–Kier alpha value is -1.59. The lowest BCUT2D eigenvalue weighted by molar-refractivity contribution is 0.0757. The molecule has 0 bridgehead atoms. The zero-order valence-corrected chi connectivity index (χ0v) is 7.91. The van der Waals surface area contributed by atoms with E-state index >= 15 is 0 Å². The van der Waals surface area contributed by atoms with E-state index in [1.54, 1.807) is 4.98 Å². The molecule has 14 heavy (non-hydrogen) atoms. The minimum atomic E-state index is -1.05. The molecule has 6 heteroatoms. The molecule has 1 aromatic rings. The third-order valence-corrected chi connectivity index (χ3v) is 1.42. The highest BCUT2D eigenvalue weighted by Gasteiger charge is 2.04. The Labute approximate surface area is 79.1 Å². The van der Waals surface area contributed by atoms with Crippen molar-refractivity contribution in [1.29, 1.82) is 0 Å². The second kappa shape index (κ2) is 4.08. The first-order chi connectivity index (χ1) is 6.50. The van der Waals surface area contributed by atoms with Crippen LogP contribution in [0.4, 0.5) is 4.39 Å². The predicted octanol–water partition coefficient (Wildman–Crippen LogP) is -0.240. The van der Waals surface area contributed by atoms with Crippen molar-refractivity contribution in [3.63, 3.8) is 0 Å². The van der Waals surface area contributed by atoms with Crippen LogP contribution in [0, 0.1) is 11.7 Å². The second-order valence-electron chi connectivity index (χ2n) is 3.25. The van der Waals surface area contributed by atoms with Crippen LogP contribution in [0.5, 0.6) is 0 Å². The number of hydrogen-bond acceptors (Lipinski definition) is 3. The fraction of sp³-hybridized carbons (Fsp3) is 0.500. The maximum Gasteiger partial charge on any atom is 0.361 e. The Morgan fingerprint density at radius 2 is 2.21 bits per heavy atom. The Kier molecular flexibility index (Phi) is 3.06. The van der Waals surface area contributed by atoms with Crippen LogP contribution in [0.2, 0.25) is 0 Å². The van der Waals surface area contributed by atoms with Gasteiger partial charge in [0.1, 0.15) is 6.61 Å². The van der Waals surface area contributed by atoms with Crippen LogP contribution in [0.15, 0.2) is 15.8 Å². The molecule has 1 heterocycles. The van der Waals surface area contributed by atoms with Crippen LogP contribution in [-0.4, -0.2) is 16.3 Å². The zero-order chi connectivity index (χ0) is 10.7. The molecule has 0 aliphatic rings. The minimum Gasteiger partial charge on any atom is -0.409 e. The fourth-order valence-electron chi connectivity index (χ4n) is 0.757. The lowest BCUT2D eigenvalue weighted by Crippen LogP contribution is -2.36. The molecule has 1 N–H and O–H groups in total. The molecule has 0 aliphatic heterocycles. The summed E-state index contributed by atoms with van der Waals surface area (Å²) >= 11 is 0. The Morgan fingerprint density at radius 3 is 2.79 bits per heavy atom. The molecule has 0 aromatic carbocycles. The number of nitrogens with one attached hydrogen (secondary N) is 1. The summed E-state index contributed by atoms with van der Waals surface area (Å²) in [6.45, 7) is 4.03. The van der Waals surface area contributed by atoms with Gasteiger partial charge in [0.25, 0.3) is 5.56 Å². The van der Waals surface area contributed by atoms with Gasteiger partial charge in [-0.05, 0) is 5.92 Å². The SMILES string of the molecule is CC(C)COn1cc(F)c(=O)[nH]c1=O. The van der Waals surface area contributed by atoms with Gasteiger partial charge in [0, 0.05) is 0 Å². The van der Waals surface area contributed by atoms with Gasteiger partial charge < -0.3 is 4.84 Å². The molecule has 0 atom stereocenters. The first-order valence-corrected chi connectivity index (χ1v) is 4.15. The molecule has 0 radical (unpaired) electrons. The van der Waals surface area contributed by atoms with Crippen LogP contribution in [0.1, 0.15) is 13.8 Å². The third-order valence-electron chi connectivity index (χ3n) is 1.42. The zero-order valence-electron chi connectivity index (χ0n) is 7.91. The number of aromatic nitrogens is 2. The Balaban J connectivity index is 2.93. The number of aromatic amines is 1. The van der Waals surface area contributed by atoms with Gasteiger partial charge in [0.05, 0.1) is 6.20 Å². The van der Waals surface area contributed by atoms with Gasteiger partial charge >= 0.3 is 5.69 Å². The van der Waals surface area contributed by atoms with Crippen molar-refractivity contribution in [2.75, 3.05) is 6.61 Å². The average molecular weight is 202 g/mol. The Bertz CT molecular complexity index is 421. The van der Waals surface area contributed by atoms with E-state index in [1.165, 1.54) is 0 Å². The highest BCUT2D eigenvalue weighted by molar-refractivity contribution is 4.85. The van der Waals surface area contributed by atoms with E-state index in [0.717, 1.165) is 6.20 Å². The van der Waals surface area contributed by atoms with E-state index in [0.29, 0.717) is 4.73 Å². The lowest BCUT2D eigenvalue weighted by atomic mass is 10.2. The summed E-state index contributed by atoms with van der Waals surface area (Å²) in [4.78, 5) is 28.4. The van der Waals surface area contributed by atoms with E-state index in [-0.39, 0.29) is 12.5 Å². The lowest BCUT2D eigenvalue weighted by Gasteiger charge is -2.08. The number of hydrogen-bond donors (Lipinski definition) is 1. The topological polar surface area (TPSA) is 64.1 Å². The molecule has 78 valence electrons. The van der Waals surface area contributed by atoms with Crippen molar-refractivity contribution in [2.24, 2.45) is 5.92 Å². The molecular formula is C8H11FN2O3. The van der Waals surface area contributed by atoms with Gasteiger partial charge in [0.15, 0.2) is 0 Å². The molecule has 1 aromatic heterocycles. The monoisotopic (exact) mass is 202 g/mol. The molecular weight excluding hydrogens is 191 g/mol. The standard InChI is InChI=1S/C8H11FN2O3/c1-5(2)4-14-11-3-6(9)7(12)10-8(11)13/h3,5H,4H2,1-2H3,(H,10,12,13). The second-order valence-corrected chi connectivity index (χ2v) is 3.25. The van der Waals surface area contributed by atoms with Crippen LogP contribution < -0.4 is 16.1 Å². The molecule has 0 saturated heterocycles. The molecule has 0 aliphatic carbocycles. The number of H-pyrrole nitrogens is 1. The smallest absolute Gasteiger partial charge is 0.361 e. The molecule has 5 nitrogen and oxygen atoms in total. The summed E-state index contributed by atoms with van der Waals surface area (Å²) in [7, 11) is 0. The highest BCUT2D eigenvalue weighted by atomic mass is 19.1. The van der Waals surface area contributed by atoms with E-state index < -0.39 is 17.1 Å². The molecule has 0 fully saturated rings. The summed E-state index contributed by atoms with van der Waals surface area (Å²) in [6, 6.07) is 0. The van der Waals surface area contributed by atoms with Crippen LogP contribution in [0.3, 0.4) is 0 Å². The van der Waals surface area contributed by atoms with Gasteiger partial charge in [-0.25, -0.2) is 4.79 Å². The summed E-state index contributed by atoms with van der Waals surface area (Å²) in [5.41, 5.74) is -1.82. The maximum atomic E-state index is 12.7. The average Bonchev–Trinajstić information content (AvgIpc) is 2.09. The molecule has 0 saturated carbocycles. The number of rotatable bonds is 3. The number of halogens is 1. The van der Waals surface area contributed by atoms with Crippen LogP contribution in [0.25, 0.3) is 0 Å². The van der Waals surface area contributed by atoms with Crippen LogP contribution in [-0.2, 0) is 0 Å². The van der Waals surface area contributed by atoms with E-state index in [1.807, 2.05) is 13.8 Å². The van der Waals surface area contributed by atoms with Crippen molar-refractivity contribution < 1.29 is 9.23 Å². The fourth-order valence-corrected chi connectivity index (χ4v) is 0.757. The van der Waals surface area contributed by atoms with E-state index in [2.05, 4.69) is 0 Å². The van der Waals surface area contributed by atoms with Gasteiger partial charge in [-0.15, -0.1) is 4.73 Å². The van der Waals surface area contributed by atoms with E-state index in [4.69, 9.17) is 4.84 Å². The molecule has 1 rings (SSSR count). The molecule has 0 amide bonds. The van der Waals surface area contributed by atoms with Crippen molar-refractivity contribution in [2.45, 2.75) is 13.8 Å². The first kappa shape index (κ1) is 10.5. The Morgan fingerprint density at radius 1 is 1.57 bits per heavy atom. The first-order valence-electron chi connectivity index (χ1n) is 4.15. The molecule has 0 spiro atoms. The maximum absolute atomic E-state index is 12.7. The summed E-state index contributed by atoms with van der Waals surface area (Å²) in [5.74, 6) is -0.842. The van der Waals surface area contributed by atoms with Crippen molar-refractivity contribution in [1.82, 2.24) is 9.71 Å². The minimum absolute atomic E-state index is 0.205. The van der Waals surface area contributed by atoms with Crippen molar-refractivity contribution in [3.8, 4) is 0 Å². The van der Waals surface area contributed by atoms with Gasteiger partial charge in [0.2, 0.25) is 5.82 Å². The normalized spacial score (nSPS) is 10.6. The highest BCUT2D eigenvalue weighted by Crippen LogP contribution is 1.89. The quantitative estimate of drug-likeness (QED) is 0.735. The van der Waals surface area contributed by atoms with Gasteiger partial charge in [-0.3, -0.25) is 9.78 Å². The van der Waals surface area contributed by atoms with Crippen molar-refractivity contribution in [3.05, 3.63) is 32.9 Å². The summed E-state index contributed by atoms with van der Waals surface area (Å²) < 4.78 is 13.4. The molecule has 0 unspecified atom stereocenters. The van der Waals surface area contributed by atoms with E-state index in [9.17, 15) is 14.0 Å². The summed E-state index contributed by atoms with van der Waals surface area (Å²) in [5, 5.41) is 0. The summed E-state index contributed by atoms with van der Waals surface area (Å²) in [6.07, 6.45) is 0.726. The van der Waals surface area contributed by atoms with Gasteiger partial charge in [-0.1, -0.05) is 13.8 Å². The van der Waals surface area contributed by atoms with Crippen molar-refractivity contribution >= 4 is 0 Å². The predicted molar refractivity (Wildman–Crippen MR) is 47.6 cm³/mol. The van der Waals surface area contributed by atoms with Crippen LogP contribution >= 0.6 is 0 Å². The third kappa shape index (κ3) is 2.45. The largest absolute Gasteiger partial charge is 0.409 e.